The maximum atomic E-state index is 13.8. The van der Waals surface area contributed by atoms with Crippen molar-refractivity contribution < 1.29 is 9.18 Å². The van der Waals surface area contributed by atoms with E-state index in [9.17, 15) is 9.18 Å². The summed E-state index contributed by atoms with van der Waals surface area (Å²) >= 11 is 0. The average molecular weight is 234 g/mol. The lowest BCUT2D eigenvalue weighted by Crippen LogP contribution is -2.42. The van der Waals surface area contributed by atoms with Crippen LogP contribution in [0.2, 0.25) is 0 Å². The monoisotopic (exact) mass is 234 g/mol. The van der Waals surface area contributed by atoms with Crippen LogP contribution in [0.25, 0.3) is 0 Å². The average Bonchev–Trinajstić information content (AvgIpc) is 2.26. The van der Waals surface area contributed by atoms with Crippen LogP contribution in [0.4, 0.5) is 4.39 Å². The minimum absolute atomic E-state index is 0.0793. The Hall–Kier alpha value is -1.18. The number of carbonyl (C=O) groups is 1. The number of rotatable bonds is 2. The Morgan fingerprint density at radius 2 is 1.82 bits per heavy atom. The first kappa shape index (κ1) is 12.3. The maximum absolute atomic E-state index is 13.8. The van der Waals surface area contributed by atoms with E-state index in [1.165, 1.54) is 12.5 Å². The summed E-state index contributed by atoms with van der Waals surface area (Å²) in [6, 6.07) is 10.1. The standard InChI is InChI=1S/C15H19FO/c1-14(10-12-6-4-3-5-7-12)8-9-15(2,16)13(17)11-14/h3-7H,8-11H2,1-2H3/t14-,15-/m0/s1. The van der Waals surface area contributed by atoms with Gasteiger partial charge in [0.2, 0.25) is 0 Å². The summed E-state index contributed by atoms with van der Waals surface area (Å²) in [7, 11) is 0. The van der Waals surface area contributed by atoms with E-state index in [4.69, 9.17) is 0 Å². The summed E-state index contributed by atoms with van der Waals surface area (Å²) < 4.78 is 13.8. The molecule has 1 nitrogen and oxygen atoms in total. The third-order valence-corrected chi connectivity index (χ3v) is 3.84. The lowest BCUT2D eigenvalue weighted by atomic mass is 9.67. The van der Waals surface area contributed by atoms with Crippen LogP contribution in [0.5, 0.6) is 0 Å². The molecule has 0 amide bonds. The van der Waals surface area contributed by atoms with Gasteiger partial charge in [-0.2, -0.15) is 0 Å². The number of hydrogen-bond acceptors (Lipinski definition) is 1. The molecule has 1 aromatic carbocycles. The van der Waals surface area contributed by atoms with Crippen molar-refractivity contribution in [1.29, 1.82) is 0 Å². The fourth-order valence-corrected chi connectivity index (χ4v) is 2.58. The molecule has 0 aliphatic heterocycles. The Balaban J connectivity index is 2.09. The van der Waals surface area contributed by atoms with E-state index in [1.54, 1.807) is 0 Å². The topological polar surface area (TPSA) is 17.1 Å². The van der Waals surface area contributed by atoms with Crippen molar-refractivity contribution in [3.63, 3.8) is 0 Å². The van der Waals surface area contributed by atoms with Crippen LogP contribution < -0.4 is 0 Å². The molecule has 0 aromatic heterocycles. The van der Waals surface area contributed by atoms with E-state index in [0.717, 1.165) is 12.8 Å². The molecule has 0 N–H and O–H groups in total. The zero-order valence-corrected chi connectivity index (χ0v) is 10.5. The van der Waals surface area contributed by atoms with Gasteiger partial charge in [0.15, 0.2) is 11.5 Å². The molecule has 2 heteroatoms. The molecule has 1 fully saturated rings. The fraction of sp³-hybridized carbons (Fsp3) is 0.533. The maximum Gasteiger partial charge on any atom is 0.170 e. The molecule has 0 radical (unpaired) electrons. The van der Waals surface area contributed by atoms with Crippen molar-refractivity contribution in [2.24, 2.45) is 5.41 Å². The van der Waals surface area contributed by atoms with Crippen LogP contribution in [-0.4, -0.2) is 11.5 Å². The first-order chi connectivity index (χ1) is 7.91. The molecular weight excluding hydrogens is 215 g/mol. The summed E-state index contributed by atoms with van der Waals surface area (Å²) in [5.41, 5.74) is -0.453. The first-order valence-corrected chi connectivity index (χ1v) is 6.18. The number of ketones is 1. The zero-order valence-electron chi connectivity index (χ0n) is 10.5. The molecule has 17 heavy (non-hydrogen) atoms. The van der Waals surface area contributed by atoms with Gasteiger partial charge in [0, 0.05) is 6.42 Å². The molecule has 1 saturated carbocycles. The smallest absolute Gasteiger partial charge is 0.170 e. The Kier molecular flexibility index (Phi) is 3.07. The molecule has 1 aromatic rings. The van der Waals surface area contributed by atoms with E-state index in [-0.39, 0.29) is 11.2 Å². The largest absolute Gasteiger partial charge is 0.296 e. The van der Waals surface area contributed by atoms with Crippen LogP contribution in [0.1, 0.15) is 38.7 Å². The molecule has 0 unspecified atom stereocenters. The zero-order chi connectivity index (χ0) is 12.5. The summed E-state index contributed by atoms with van der Waals surface area (Å²) in [6.07, 6.45) is 2.35. The molecule has 1 aliphatic rings. The van der Waals surface area contributed by atoms with Crippen LogP contribution in [0.15, 0.2) is 30.3 Å². The van der Waals surface area contributed by atoms with Crippen LogP contribution in [-0.2, 0) is 11.2 Å². The number of hydrogen-bond donors (Lipinski definition) is 0. The van der Waals surface area contributed by atoms with Gasteiger partial charge in [0.05, 0.1) is 0 Å². The predicted molar refractivity (Wildman–Crippen MR) is 66.6 cm³/mol. The second kappa shape index (κ2) is 4.25. The molecule has 1 aliphatic carbocycles. The third-order valence-electron chi connectivity index (χ3n) is 3.84. The molecular formula is C15H19FO. The minimum atomic E-state index is -1.60. The van der Waals surface area contributed by atoms with Gasteiger partial charge >= 0.3 is 0 Å². The second-order valence-electron chi connectivity index (χ2n) is 5.77. The van der Waals surface area contributed by atoms with Crippen molar-refractivity contribution in [2.45, 2.75) is 45.2 Å². The highest BCUT2D eigenvalue weighted by molar-refractivity contribution is 5.88. The molecule has 0 heterocycles. The van der Waals surface area contributed by atoms with Gasteiger partial charge in [-0.3, -0.25) is 4.79 Å². The third kappa shape index (κ3) is 2.74. The highest BCUT2D eigenvalue weighted by Gasteiger charge is 2.44. The van der Waals surface area contributed by atoms with Crippen LogP contribution >= 0.6 is 0 Å². The van der Waals surface area contributed by atoms with Crippen molar-refractivity contribution in [1.82, 2.24) is 0 Å². The second-order valence-corrected chi connectivity index (χ2v) is 5.77. The molecule has 2 atom stereocenters. The summed E-state index contributed by atoms with van der Waals surface area (Å²) in [4.78, 5) is 11.7. The Morgan fingerprint density at radius 1 is 1.18 bits per heavy atom. The van der Waals surface area contributed by atoms with E-state index in [0.29, 0.717) is 12.8 Å². The highest BCUT2D eigenvalue weighted by Crippen LogP contribution is 2.42. The fourth-order valence-electron chi connectivity index (χ4n) is 2.58. The van der Waals surface area contributed by atoms with E-state index >= 15 is 0 Å². The quantitative estimate of drug-likeness (QED) is 0.762. The summed E-state index contributed by atoms with van der Waals surface area (Å²) in [5.74, 6) is -0.234. The normalized spacial score (nSPS) is 33.7. The summed E-state index contributed by atoms with van der Waals surface area (Å²) in [6.45, 7) is 3.50. The van der Waals surface area contributed by atoms with Gasteiger partial charge in [-0.05, 0) is 37.2 Å². The number of halogens is 1. The van der Waals surface area contributed by atoms with Gasteiger partial charge in [0.25, 0.3) is 0 Å². The predicted octanol–water partition coefficient (Wildman–Crippen LogP) is 3.72. The molecule has 0 saturated heterocycles. The number of alkyl halides is 1. The van der Waals surface area contributed by atoms with Crippen molar-refractivity contribution in [2.75, 3.05) is 0 Å². The van der Waals surface area contributed by atoms with Gasteiger partial charge < -0.3 is 0 Å². The van der Waals surface area contributed by atoms with Gasteiger partial charge in [-0.25, -0.2) is 4.39 Å². The molecule has 2 rings (SSSR count). The van der Waals surface area contributed by atoms with Gasteiger partial charge in [-0.15, -0.1) is 0 Å². The Bertz CT molecular complexity index is 410. The molecule has 0 spiro atoms. The molecule has 0 bridgehead atoms. The van der Waals surface area contributed by atoms with Crippen molar-refractivity contribution in [3.05, 3.63) is 35.9 Å². The van der Waals surface area contributed by atoms with E-state index in [1.807, 2.05) is 18.2 Å². The number of benzene rings is 1. The van der Waals surface area contributed by atoms with Crippen molar-refractivity contribution >= 4 is 5.78 Å². The number of carbonyl (C=O) groups excluding carboxylic acids is 1. The lowest BCUT2D eigenvalue weighted by Gasteiger charge is -2.38. The van der Waals surface area contributed by atoms with Gasteiger partial charge in [-0.1, -0.05) is 37.3 Å². The lowest BCUT2D eigenvalue weighted by molar-refractivity contribution is -0.136. The van der Waals surface area contributed by atoms with E-state index in [2.05, 4.69) is 19.1 Å². The Morgan fingerprint density at radius 3 is 2.41 bits per heavy atom. The van der Waals surface area contributed by atoms with Crippen LogP contribution in [0, 0.1) is 5.41 Å². The van der Waals surface area contributed by atoms with Crippen LogP contribution in [0.3, 0.4) is 0 Å². The van der Waals surface area contributed by atoms with Gasteiger partial charge in [0.1, 0.15) is 0 Å². The van der Waals surface area contributed by atoms with Crippen molar-refractivity contribution in [3.8, 4) is 0 Å². The van der Waals surface area contributed by atoms with E-state index < -0.39 is 5.67 Å². The Labute approximate surface area is 102 Å². The highest BCUT2D eigenvalue weighted by atomic mass is 19.1. The molecule has 92 valence electrons. The number of Topliss-reactive ketones (excluding diaryl/α,β-unsaturated/α-hetero) is 1. The summed E-state index contributed by atoms with van der Waals surface area (Å²) in [5, 5.41) is 0. The minimum Gasteiger partial charge on any atom is -0.296 e. The SMILES string of the molecule is C[C@@]1(Cc2ccccc2)CC[C@](C)(F)C(=O)C1. The first-order valence-electron chi connectivity index (χ1n) is 6.18.